The molecule has 2 rings (SSSR count). The molecule has 3 amide bonds. The van der Waals surface area contributed by atoms with Gasteiger partial charge < -0.3 is 14.8 Å². The zero-order chi connectivity index (χ0) is 12.5. The van der Waals surface area contributed by atoms with E-state index >= 15 is 0 Å². The molecule has 1 aliphatic rings. The van der Waals surface area contributed by atoms with Crippen LogP contribution < -0.4 is 5.32 Å². The lowest BCUT2D eigenvalue weighted by Crippen LogP contribution is -2.40. The molecule has 17 heavy (non-hydrogen) atoms. The molecule has 2 heterocycles. The van der Waals surface area contributed by atoms with E-state index in [2.05, 4.69) is 5.32 Å². The van der Waals surface area contributed by atoms with Crippen molar-refractivity contribution in [3.63, 3.8) is 0 Å². The number of rotatable bonds is 4. The first-order valence-corrected chi connectivity index (χ1v) is 5.38. The van der Waals surface area contributed by atoms with E-state index in [1.54, 1.807) is 19.1 Å². The maximum Gasteiger partial charge on any atom is 0.325 e. The molecule has 1 saturated heterocycles. The maximum atomic E-state index is 12.1. The molecule has 6 nitrogen and oxygen atoms in total. The van der Waals surface area contributed by atoms with Gasteiger partial charge in [0.1, 0.15) is 5.76 Å². The van der Waals surface area contributed by atoms with Crippen LogP contribution in [0.2, 0.25) is 0 Å². The molecule has 0 bridgehead atoms. The summed E-state index contributed by atoms with van der Waals surface area (Å²) in [5.41, 5.74) is -1.14. The van der Waals surface area contributed by atoms with E-state index in [9.17, 15) is 9.59 Å². The summed E-state index contributed by atoms with van der Waals surface area (Å²) in [7, 11) is 0. The van der Waals surface area contributed by atoms with Crippen LogP contribution in [0.1, 0.15) is 19.1 Å². The van der Waals surface area contributed by atoms with Gasteiger partial charge in [0.05, 0.1) is 6.26 Å². The fourth-order valence-corrected chi connectivity index (χ4v) is 1.86. The molecule has 0 aromatic carbocycles. The summed E-state index contributed by atoms with van der Waals surface area (Å²) in [5.74, 6) is 0.0493. The first-order chi connectivity index (χ1) is 8.09. The molecule has 1 atom stereocenters. The highest BCUT2D eigenvalue weighted by Gasteiger charge is 2.50. The zero-order valence-electron chi connectivity index (χ0n) is 9.47. The van der Waals surface area contributed by atoms with E-state index in [-0.39, 0.29) is 19.1 Å². The topological polar surface area (TPSA) is 82.8 Å². The third kappa shape index (κ3) is 1.80. The average Bonchev–Trinajstić information content (AvgIpc) is 2.88. The van der Waals surface area contributed by atoms with Gasteiger partial charge in [-0.05, 0) is 25.5 Å². The number of hydrogen-bond donors (Lipinski definition) is 2. The van der Waals surface area contributed by atoms with E-state index < -0.39 is 11.6 Å². The van der Waals surface area contributed by atoms with Crippen molar-refractivity contribution < 1.29 is 19.1 Å². The summed E-state index contributed by atoms with van der Waals surface area (Å²) in [6.07, 6.45) is 1.82. The Bertz CT molecular complexity index is 429. The highest BCUT2D eigenvalue weighted by Crippen LogP contribution is 2.28. The Morgan fingerprint density at radius 1 is 1.53 bits per heavy atom. The smallest absolute Gasteiger partial charge is 0.325 e. The monoisotopic (exact) mass is 238 g/mol. The van der Waals surface area contributed by atoms with Crippen molar-refractivity contribution in [1.82, 2.24) is 10.2 Å². The van der Waals surface area contributed by atoms with Crippen LogP contribution in [0.15, 0.2) is 22.8 Å². The molecular weight excluding hydrogens is 224 g/mol. The van der Waals surface area contributed by atoms with Crippen LogP contribution in [-0.2, 0) is 10.3 Å². The minimum atomic E-state index is -1.14. The summed E-state index contributed by atoms with van der Waals surface area (Å²) in [5, 5.41) is 11.3. The Kier molecular flexibility index (Phi) is 2.89. The molecule has 1 aromatic heterocycles. The van der Waals surface area contributed by atoms with Gasteiger partial charge in [0.15, 0.2) is 5.54 Å². The van der Waals surface area contributed by atoms with Crippen molar-refractivity contribution in [1.29, 1.82) is 0 Å². The lowest BCUT2D eigenvalue weighted by atomic mass is 9.99. The maximum absolute atomic E-state index is 12.1. The van der Waals surface area contributed by atoms with Gasteiger partial charge in [-0.15, -0.1) is 0 Å². The Balaban J connectivity index is 2.23. The summed E-state index contributed by atoms with van der Waals surface area (Å²) < 4.78 is 5.18. The molecular formula is C11H14N2O4. The zero-order valence-corrected chi connectivity index (χ0v) is 9.47. The molecule has 0 spiro atoms. The number of aliphatic hydroxyl groups excluding tert-OH is 1. The van der Waals surface area contributed by atoms with Gasteiger partial charge in [-0.2, -0.15) is 0 Å². The van der Waals surface area contributed by atoms with Crippen LogP contribution in [0, 0.1) is 0 Å². The second-order valence-corrected chi connectivity index (χ2v) is 4.07. The fourth-order valence-electron chi connectivity index (χ4n) is 1.86. The highest BCUT2D eigenvalue weighted by atomic mass is 16.3. The lowest BCUT2D eigenvalue weighted by Gasteiger charge is -2.18. The molecule has 1 aromatic rings. The van der Waals surface area contributed by atoms with Crippen molar-refractivity contribution in [2.24, 2.45) is 0 Å². The molecule has 1 unspecified atom stereocenters. The Morgan fingerprint density at radius 3 is 2.88 bits per heavy atom. The quantitative estimate of drug-likeness (QED) is 0.745. The number of carbonyl (C=O) groups is 2. The fraction of sp³-hybridized carbons (Fsp3) is 0.455. The van der Waals surface area contributed by atoms with Crippen LogP contribution in [0.4, 0.5) is 4.79 Å². The normalized spacial score (nSPS) is 24.2. The third-order valence-electron chi connectivity index (χ3n) is 2.83. The number of nitrogens with one attached hydrogen (secondary N) is 1. The van der Waals surface area contributed by atoms with Gasteiger partial charge in [-0.25, -0.2) is 4.79 Å². The number of furan rings is 1. The van der Waals surface area contributed by atoms with Crippen LogP contribution in [0.5, 0.6) is 0 Å². The predicted molar refractivity (Wildman–Crippen MR) is 58.0 cm³/mol. The molecule has 0 saturated carbocycles. The second kappa shape index (κ2) is 4.21. The average molecular weight is 238 g/mol. The Labute approximate surface area is 98.2 Å². The van der Waals surface area contributed by atoms with Gasteiger partial charge in [0.25, 0.3) is 5.91 Å². The van der Waals surface area contributed by atoms with Crippen molar-refractivity contribution in [2.75, 3.05) is 13.2 Å². The SMILES string of the molecule is CC1(c2ccco2)NC(=O)N(CCCO)C1=O. The number of hydrogen-bond acceptors (Lipinski definition) is 4. The molecule has 0 radical (unpaired) electrons. The number of aliphatic hydroxyl groups is 1. The Morgan fingerprint density at radius 2 is 2.29 bits per heavy atom. The van der Waals surface area contributed by atoms with Crippen LogP contribution in [-0.4, -0.2) is 35.1 Å². The van der Waals surface area contributed by atoms with E-state index in [4.69, 9.17) is 9.52 Å². The molecule has 6 heteroatoms. The van der Waals surface area contributed by atoms with E-state index in [0.717, 1.165) is 4.90 Å². The first-order valence-electron chi connectivity index (χ1n) is 5.38. The number of amides is 3. The summed E-state index contributed by atoms with van der Waals surface area (Å²) in [4.78, 5) is 24.9. The van der Waals surface area contributed by atoms with Gasteiger partial charge in [0.2, 0.25) is 0 Å². The number of urea groups is 1. The van der Waals surface area contributed by atoms with Crippen LogP contribution in [0.3, 0.4) is 0 Å². The van der Waals surface area contributed by atoms with E-state index in [1.165, 1.54) is 6.26 Å². The summed E-state index contributed by atoms with van der Waals surface area (Å²) in [6.45, 7) is 1.75. The molecule has 92 valence electrons. The van der Waals surface area contributed by atoms with Gasteiger partial charge >= 0.3 is 6.03 Å². The molecule has 1 fully saturated rings. The Hall–Kier alpha value is -1.82. The minimum absolute atomic E-state index is 0.0610. The highest BCUT2D eigenvalue weighted by molar-refractivity contribution is 6.06. The molecule has 0 aliphatic carbocycles. The molecule has 2 N–H and O–H groups in total. The van der Waals surface area contributed by atoms with Gasteiger partial charge in [-0.3, -0.25) is 9.69 Å². The van der Waals surface area contributed by atoms with E-state index in [1.807, 2.05) is 0 Å². The van der Waals surface area contributed by atoms with Crippen LogP contribution in [0.25, 0.3) is 0 Å². The van der Waals surface area contributed by atoms with Gasteiger partial charge in [-0.1, -0.05) is 0 Å². The van der Waals surface area contributed by atoms with Crippen molar-refractivity contribution in [3.05, 3.63) is 24.2 Å². The van der Waals surface area contributed by atoms with Gasteiger partial charge in [0, 0.05) is 13.2 Å². The van der Waals surface area contributed by atoms with E-state index in [0.29, 0.717) is 12.2 Å². The largest absolute Gasteiger partial charge is 0.466 e. The first kappa shape index (κ1) is 11.7. The van der Waals surface area contributed by atoms with Crippen molar-refractivity contribution in [2.45, 2.75) is 18.9 Å². The van der Waals surface area contributed by atoms with Crippen molar-refractivity contribution >= 4 is 11.9 Å². The summed E-state index contributed by atoms with van der Waals surface area (Å²) >= 11 is 0. The second-order valence-electron chi connectivity index (χ2n) is 4.07. The van der Waals surface area contributed by atoms with Crippen molar-refractivity contribution in [3.8, 4) is 0 Å². The lowest BCUT2D eigenvalue weighted by molar-refractivity contribution is -0.131. The minimum Gasteiger partial charge on any atom is -0.466 e. The standard InChI is InChI=1S/C11H14N2O4/c1-11(8-4-2-7-17-8)9(15)13(5-3-6-14)10(16)12-11/h2,4,7,14H,3,5-6H2,1H3,(H,12,16). The number of carbonyl (C=O) groups excluding carboxylic acids is 2. The predicted octanol–water partition coefficient (Wildman–Crippen LogP) is 0.429. The molecule has 1 aliphatic heterocycles. The third-order valence-corrected chi connectivity index (χ3v) is 2.83. The number of nitrogens with zero attached hydrogens (tertiary/aromatic N) is 1. The number of imide groups is 1. The van der Waals surface area contributed by atoms with Crippen LogP contribution >= 0.6 is 0 Å². The summed E-state index contributed by atoms with van der Waals surface area (Å²) in [6, 6.07) is 2.85.